The van der Waals surface area contributed by atoms with Gasteiger partial charge in [-0.25, -0.2) is 0 Å². The maximum atomic E-state index is 3.68. The van der Waals surface area contributed by atoms with Crippen LogP contribution in [0.1, 0.15) is 26.7 Å². The van der Waals surface area contributed by atoms with Crippen LogP contribution in [0.5, 0.6) is 0 Å². The largest absolute Gasteiger partial charge is 0.0917 e. The summed E-state index contributed by atoms with van der Waals surface area (Å²) in [5, 5.41) is 0. The fraction of sp³-hybridized carbons (Fsp3) is 0.444. The van der Waals surface area contributed by atoms with Gasteiger partial charge >= 0.3 is 0 Å². The number of allylic oxidation sites excluding steroid dienone is 4. The highest BCUT2D eigenvalue weighted by Gasteiger charge is 1.82. The summed E-state index contributed by atoms with van der Waals surface area (Å²) in [6.07, 6.45) is 8.47. The molecule has 0 rings (SSSR count). The van der Waals surface area contributed by atoms with Crippen molar-refractivity contribution in [3.8, 4) is 0 Å². The molecule has 0 fully saturated rings. The van der Waals surface area contributed by atoms with Gasteiger partial charge in [-0.3, -0.25) is 0 Å². The third-order valence-electron chi connectivity index (χ3n) is 1.29. The maximum absolute atomic E-state index is 3.68. The van der Waals surface area contributed by atoms with Gasteiger partial charge < -0.3 is 0 Å². The Morgan fingerprint density at radius 2 is 2.22 bits per heavy atom. The minimum atomic E-state index is 1.15. The van der Waals surface area contributed by atoms with Crippen LogP contribution in [-0.2, 0) is 0 Å². The van der Waals surface area contributed by atoms with Crippen molar-refractivity contribution in [3.05, 3.63) is 30.7 Å². The fourth-order valence-corrected chi connectivity index (χ4v) is 0.580. The molecule has 0 nitrogen and oxygen atoms in total. The average Bonchev–Trinajstić information content (AvgIpc) is 1.89. The molecule has 1 radical (unpaired) electrons. The summed E-state index contributed by atoms with van der Waals surface area (Å²) >= 11 is 0. The minimum absolute atomic E-state index is 1.15. The van der Waals surface area contributed by atoms with Crippen LogP contribution in [-0.4, -0.2) is 0 Å². The Morgan fingerprint density at radius 1 is 1.56 bits per heavy atom. The van der Waals surface area contributed by atoms with Crippen LogP contribution in [0.25, 0.3) is 0 Å². The zero-order valence-electron chi connectivity index (χ0n) is 6.35. The Morgan fingerprint density at radius 3 is 2.67 bits per heavy atom. The molecule has 0 spiro atoms. The first-order valence-electron chi connectivity index (χ1n) is 3.37. The van der Waals surface area contributed by atoms with Crippen molar-refractivity contribution in [1.29, 1.82) is 0 Å². The molecule has 0 unspecified atom stereocenters. The minimum Gasteiger partial charge on any atom is -0.0917 e. The summed E-state index contributed by atoms with van der Waals surface area (Å²) in [6.45, 7) is 7.83. The van der Waals surface area contributed by atoms with Gasteiger partial charge in [0.2, 0.25) is 0 Å². The van der Waals surface area contributed by atoms with Gasteiger partial charge in [-0.15, -0.1) is 0 Å². The van der Waals surface area contributed by atoms with Gasteiger partial charge in [-0.2, -0.15) is 0 Å². The molecule has 0 bridgehead atoms. The van der Waals surface area contributed by atoms with Crippen LogP contribution in [0.4, 0.5) is 0 Å². The number of rotatable bonds is 3. The molecule has 0 N–H and O–H groups in total. The molecule has 0 amide bonds. The molecule has 9 heavy (non-hydrogen) atoms. The van der Waals surface area contributed by atoms with E-state index in [-0.39, 0.29) is 0 Å². The van der Waals surface area contributed by atoms with E-state index in [4.69, 9.17) is 0 Å². The average molecular weight is 123 g/mol. The lowest BCUT2D eigenvalue weighted by atomic mass is 10.1. The van der Waals surface area contributed by atoms with E-state index < -0.39 is 0 Å². The van der Waals surface area contributed by atoms with E-state index in [1.165, 1.54) is 5.57 Å². The second-order valence-electron chi connectivity index (χ2n) is 2.16. The lowest BCUT2D eigenvalue weighted by Crippen LogP contribution is -1.72. The highest BCUT2D eigenvalue weighted by molar-refractivity contribution is 5.00. The first kappa shape index (κ1) is 8.48. The Balaban J connectivity index is 3.28. The molecular formula is C9H15. The van der Waals surface area contributed by atoms with Gasteiger partial charge in [-0.05, 0) is 33.6 Å². The second-order valence-corrected chi connectivity index (χ2v) is 2.16. The van der Waals surface area contributed by atoms with Crippen molar-refractivity contribution in [2.45, 2.75) is 26.7 Å². The maximum Gasteiger partial charge on any atom is -0.0288 e. The van der Waals surface area contributed by atoms with Crippen LogP contribution in [0, 0.1) is 6.92 Å². The van der Waals surface area contributed by atoms with E-state index in [1.807, 2.05) is 13.0 Å². The van der Waals surface area contributed by atoms with Gasteiger partial charge in [0.1, 0.15) is 0 Å². The Hall–Kier alpha value is -0.520. The summed E-state index contributed by atoms with van der Waals surface area (Å²) in [6, 6.07) is 0. The zero-order valence-corrected chi connectivity index (χ0v) is 6.35. The quantitative estimate of drug-likeness (QED) is 0.506. The van der Waals surface area contributed by atoms with E-state index in [9.17, 15) is 0 Å². The second kappa shape index (κ2) is 5.61. The number of hydrogen-bond acceptors (Lipinski definition) is 0. The SMILES string of the molecule is [CH2]C=C(C)CCC=CC. The van der Waals surface area contributed by atoms with Gasteiger partial charge in [0, 0.05) is 0 Å². The first-order chi connectivity index (χ1) is 4.31. The van der Waals surface area contributed by atoms with Crippen LogP contribution < -0.4 is 0 Å². The lowest BCUT2D eigenvalue weighted by Gasteiger charge is -1.92. The van der Waals surface area contributed by atoms with Gasteiger partial charge in [0.05, 0.1) is 0 Å². The molecule has 0 saturated carbocycles. The monoisotopic (exact) mass is 123 g/mol. The molecule has 0 aromatic heterocycles. The fourth-order valence-electron chi connectivity index (χ4n) is 0.580. The Labute approximate surface area is 58.3 Å². The van der Waals surface area contributed by atoms with E-state index in [0.29, 0.717) is 0 Å². The summed E-state index contributed by atoms with van der Waals surface area (Å²) in [5.74, 6) is 0. The molecule has 0 aromatic carbocycles. The van der Waals surface area contributed by atoms with Crippen molar-refractivity contribution in [3.63, 3.8) is 0 Å². The van der Waals surface area contributed by atoms with E-state index in [0.717, 1.165) is 12.8 Å². The summed E-state index contributed by atoms with van der Waals surface area (Å²) in [5.41, 5.74) is 1.37. The van der Waals surface area contributed by atoms with Crippen molar-refractivity contribution < 1.29 is 0 Å². The van der Waals surface area contributed by atoms with E-state index >= 15 is 0 Å². The highest BCUT2D eigenvalue weighted by Crippen LogP contribution is 2.02. The molecule has 0 aromatic rings. The van der Waals surface area contributed by atoms with Crippen LogP contribution >= 0.6 is 0 Å². The topological polar surface area (TPSA) is 0 Å². The Bertz CT molecular complexity index is 107. The molecule has 51 valence electrons. The standard InChI is InChI=1S/C9H15/c1-4-6-7-8-9(3)5-2/h4-6H,2,7-8H2,1,3H3. The van der Waals surface area contributed by atoms with Gasteiger partial charge in [0.25, 0.3) is 0 Å². The van der Waals surface area contributed by atoms with Crippen LogP contribution in [0.3, 0.4) is 0 Å². The molecule has 0 atom stereocenters. The van der Waals surface area contributed by atoms with Crippen molar-refractivity contribution >= 4 is 0 Å². The van der Waals surface area contributed by atoms with E-state index in [1.54, 1.807) is 0 Å². The smallest absolute Gasteiger partial charge is 0.0288 e. The number of hydrogen-bond donors (Lipinski definition) is 0. The van der Waals surface area contributed by atoms with Gasteiger partial charge in [0.15, 0.2) is 0 Å². The van der Waals surface area contributed by atoms with Crippen LogP contribution in [0.15, 0.2) is 23.8 Å². The predicted octanol–water partition coefficient (Wildman–Crippen LogP) is 3.12. The Kier molecular flexibility index (Phi) is 5.29. The lowest BCUT2D eigenvalue weighted by molar-refractivity contribution is 0.976. The third kappa shape index (κ3) is 5.35. The van der Waals surface area contributed by atoms with Crippen molar-refractivity contribution in [1.82, 2.24) is 0 Å². The molecule has 0 heteroatoms. The molecule has 0 aliphatic heterocycles. The molecule has 0 aliphatic carbocycles. The predicted molar refractivity (Wildman–Crippen MR) is 43.2 cm³/mol. The normalized spacial score (nSPS) is 13.0. The molecule has 0 aliphatic rings. The first-order valence-corrected chi connectivity index (χ1v) is 3.37. The third-order valence-corrected chi connectivity index (χ3v) is 1.29. The molecule has 0 heterocycles. The van der Waals surface area contributed by atoms with E-state index in [2.05, 4.69) is 26.0 Å². The van der Waals surface area contributed by atoms with Crippen molar-refractivity contribution in [2.24, 2.45) is 0 Å². The van der Waals surface area contributed by atoms with Crippen LogP contribution in [0.2, 0.25) is 0 Å². The summed E-state index contributed by atoms with van der Waals surface area (Å²) < 4.78 is 0. The highest BCUT2D eigenvalue weighted by atomic mass is 13.9. The van der Waals surface area contributed by atoms with Gasteiger partial charge in [-0.1, -0.05) is 23.8 Å². The molecular weight excluding hydrogens is 108 g/mol. The summed E-state index contributed by atoms with van der Waals surface area (Å²) in [4.78, 5) is 0. The van der Waals surface area contributed by atoms with Crippen molar-refractivity contribution in [2.75, 3.05) is 0 Å². The summed E-state index contributed by atoms with van der Waals surface area (Å²) in [7, 11) is 0. The zero-order chi connectivity index (χ0) is 7.11. The molecule has 0 saturated heterocycles.